The van der Waals surface area contributed by atoms with Crippen LogP contribution in [-0.4, -0.2) is 25.6 Å². The van der Waals surface area contributed by atoms with E-state index in [-0.39, 0.29) is 16.6 Å². The van der Waals surface area contributed by atoms with Gasteiger partial charge in [-0.05, 0) is 48.5 Å². The molecule has 1 aliphatic carbocycles. The highest BCUT2D eigenvalue weighted by Crippen LogP contribution is 2.38. The first-order valence-corrected chi connectivity index (χ1v) is 11.5. The molecule has 0 saturated heterocycles. The lowest BCUT2D eigenvalue weighted by atomic mass is 9.87. The standard InChI is InChI=1S/C20H34O2Si/c1-16-12-14-20(5,6)15-13-17(21)10-9-11-18(16)22-23(7,8)19(2,3)4/h12-13,15,17-18,21H,11,14H2,1-8H3/b15-13+,16-12+. The van der Waals surface area contributed by atoms with Crippen LogP contribution < -0.4 is 0 Å². The quantitative estimate of drug-likeness (QED) is 0.434. The van der Waals surface area contributed by atoms with E-state index in [9.17, 15) is 5.11 Å². The molecule has 0 heterocycles. The fourth-order valence-electron chi connectivity index (χ4n) is 2.11. The summed E-state index contributed by atoms with van der Waals surface area (Å²) in [7, 11) is -1.85. The van der Waals surface area contributed by atoms with Gasteiger partial charge in [-0.2, -0.15) is 0 Å². The molecule has 0 aromatic carbocycles. The smallest absolute Gasteiger partial charge is 0.192 e. The fourth-order valence-corrected chi connectivity index (χ4v) is 3.44. The second kappa shape index (κ2) is 7.38. The summed E-state index contributed by atoms with van der Waals surface area (Å²) in [6.45, 7) is 17.8. The summed E-state index contributed by atoms with van der Waals surface area (Å²) < 4.78 is 6.60. The average molecular weight is 335 g/mol. The first-order chi connectivity index (χ1) is 10.3. The third-order valence-electron chi connectivity index (χ3n) is 4.97. The number of aliphatic hydroxyl groups excluding tert-OH is 1. The van der Waals surface area contributed by atoms with Crippen LogP contribution in [0.1, 0.15) is 54.4 Å². The van der Waals surface area contributed by atoms with Gasteiger partial charge >= 0.3 is 0 Å². The second-order valence-corrected chi connectivity index (χ2v) is 13.6. The molecule has 0 fully saturated rings. The molecule has 2 unspecified atom stereocenters. The van der Waals surface area contributed by atoms with Gasteiger partial charge in [0.2, 0.25) is 0 Å². The van der Waals surface area contributed by atoms with Crippen LogP contribution in [0.15, 0.2) is 23.8 Å². The summed E-state index contributed by atoms with van der Waals surface area (Å²) in [5.74, 6) is 6.04. The van der Waals surface area contributed by atoms with Gasteiger partial charge in [-0.15, -0.1) is 0 Å². The molecule has 0 radical (unpaired) electrons. The molecule has 130 valence electrons. The summed E-state index contributed by atoms with van der Waals surface area (Å²) in [4.78, 5) is 0. The molecule has 1 rings (SSSR count). The van der Waals surface area contributed by atoms with Crippen LogP contribution in [0.2, 0.25) is 18.1 Å². The van der Waals surface area contributed by atoms with E-state index in [1.54, 1.807) is 6.08 Å². The van der Waals surface area contributed by atoms with Crippen molar-refractivity contribution in [2.75, 3.05) is 0 Å². The van der Waals surface area contributed by atoms with Gasteiger partial charge < -0.3 is 9.53 Å². The van der Waals surface area contributed by atoms with Gasteiger partial charge in [0.1, 0.15) is 6.10 Å². The Morgan fingerprint density at radius 2 is 1.91 bits per heavy atom. The SMILES string of the molecule is C/C1=C\CC(C)(C)/C=C/C(O)C#CCC1O[Si](C)(C)C(C)(C)C. The van der Waals surface area contributed by atoms with Crippen molar-refractivity contribution in [1.29, 1.82) is 0 Å². The van der Waals surface area contributed by atoms with Gasteiger partial charge in [0.15, 0.2) is 8.32 Å². The van der Waals surface area contributed by atoms with Crippen molar-refractivity contribution in [2.24, 2.45) is 5.41 Å². The highest BCUT2D eigenvalue weighted by atomic mass is 28.4. The van der Waals surface area contributed by atoms with Crippen molar-refractivity contribution in [3.05, 3.63) is 23.8 Å². The van der Waals surface area contributed by atoms with E-state index in [0.29, 0.717) is 6.42 Å². The van der Waals surface area contributed by atoms with Crippen LogP contribution in [0.3, 0.4) is 0 Å². The van der Waals surface area contributed by atoms with Crippen LogP contribution in [0.5, 0.6) is 0 Å². The normalized spacial score (nSPS) is 29.5. The molecule has 3 heteroatoms. The Kier molecular flexibility index (Phi) is 6.49. The lowest BCUT2D eigenvalue weighted by Crippen LogP contribution is -2.44. The van der Waals surface area contributed by atoms with Crippen molar-refractivity contribution in [2.45, 2.75) is 84.7 Å². The first-order valence-electron chi connectivity index (χ1n) is 8.54. The van der Waals surface area contributed by atoms with E-state index >= 15 is 0 Å². The average Bonchev–Trinajstić information content (AvgIpc) is 2.41. The zero-order valence-electron chi connectivity index (χ0n) is 16.2. The summed E-state index contributed by atoms with van der Waals surface area (Å²) >= 11 is 0. The molecule has 0 aromatic rings. The molecule has 0 aromatic heterocycles. The minimum atomic E-state index is -1.85. The number of rotatable bonds is 2. The Balaban J connectivity index is 3.09. The Labute approximate surface area is 144 Å². The van der Waals surface area contributed by atoms with Gasteiger partial charge in [0, 0.05) is 6.42 Å². The van der Waals surface area contributed by atoms with E-state index in [0.717, 1.165) is 6.42 Å². The van der Waals surface area contributed by atoms with E-state index in [4.69, 9.17) is 4.43 Å². The predicted octanol–water partition coefficient (Wildman–Crippen LogP) is 5.06. The lowest BCUT2D eigenvalue weighted by molar-refractivity contribution is 0.218. The number of hydrogen-bond acceptors (Lipinski definition) is 2. The predicted molar refractivity (Wildman–Crippen MR) is 102 cm³/mol. The fraction of sp³-hybridized carbons (Fsp3) is 0.700. The monoisotopic (exact) mass is 334 g/mol. The molecule has 0 bridgehead atoms. The third-order valence-corrected chi connectivity index (χ3v) is 9.45. The summed E-state index contributed by atoms with van der Waals surface area (Å²) in [6, 6.07) is 0. The molecule has 0 amide bonds. The zero-order valence-corrected chi connectivity index (χ0v) is 17.2. The minimum absolute atomic E-state index is 0.00971. The summed E-state index contributed by atoms with van der Waals surface area (Å²) in [5, 5.41) is 10.1. The van der Waals surface area contributed by atoms with Gasteiger partial charge in [-0.25, -0.2) is 0 Å². The van der Waals surface area contributed by atoms with Crippen LogP contribution in [0, 0.1) is 17.3 Å². The van der Waals surface area contributed by atoms with Crippen molar-refractivity contribution in [3.63, 3.8) is 0 Å². The molecule has 1 aliphatic rings. The Morgan fingerprint density at radius 1 is 1.30 bits per heavy atom. The van der Waals surface area contributed by atoms with Crippen molar-refractivity contribution in [3.8, 4) is 11.8 Å². The number of aliphatic hydroxyl groups is 1. The third kappa shape index (κ3) is 6.29. The summed E-state index contributed by atoms with van der Waals surface area (Å²) in [6.07, 6.45) is 7.03. The molecule has 2 atom stereocenters. The Bertz CT molecular complexity index is 524. The van der Waals surface area contributed by atoms with Crippen LogP contribution in [-0.2, 0) is 4.43 Å². The topological polar surface area (TPSA) is 29.5 Å². The molecular weight excluding hydrogens is 300 g/mol. The first kappa shape index (κ1) is 20.2. The molecule has 23 heavy (non-hydrogen) atoms. The van der Waals surface area contributed by atoms with Crippen LogP contribution in [0.25, 0.3) is 0 Å². The molecule has 0 spiro atoms. The molecule has 2 nitrogen and oxygen atoms in total. The second-order valence-electron chi connectivity index (χ2n) is 8.84. The lowest BCUT2D eigenvalue weighted by Gasteiger charge is -2.39. The minimum Gasteiger partial charge on any atom is -0.409 e. The van der Waals surface area contributed by atoms with E-state index in [1.165, 1.54) is 5.57 Å². The highest BCUT2D eigenvalue weighted by Gasteiger charge is 2.39. The number of allylic oxidation sites excluding steroid dienone is 2. The largest absolute Gasteiger partial charge is 0.409 e. The highest BCUT2D eigenvalue weighted by molar-refractivity contribution is 6.74. The molecule has 0 saturated carbocycles. The maximum Gasteiger partial charge on any atom is 0.192 e. The molecular formula is C20H34O2Si. The maximum atomic E-state index is 9.96. The van der Waals surface area contributed by atoms with Crippen molar-refractivity contribution in [1.82, 2.24) is 0 Å². The van der Waals surface area contributed by atoms with Crippen molar-refractivity contribution < 1.29 is 9.53 Å². The van der Waals surface area contributed by atoms with Gasteiger partial charge in [0.05, 0.1) is 6.10 Å². The van der Waals surface area contributed by atoms with Crippen molar-refractivity contribution >= 4 is 8.32 Å². The zero-order chi connectivity index (χ0) is 17.9. The van der Waals surface area contributed by atoms with E-state index < -0.39 is 14.4 Å². The van der Waals surface area contributed by atoms with Gasteiger partial charge in [-0.1, -0.05) is 58.6 Å². The van der Waals surface area contributed by atoms with Crippen LogP contribution >= 0.6 is 0 Å². The van der Waals surface area contributed by atoms with Gasteiger partial charge in [0.25, 0.3) is 0 Å². The summed E-state index contributed by atoms with van der Waals surface area (Å²) in [5.41, 5.74) is 1.26. The van der Waals surface area contributed by atoms with Crippen LogP contribution in [0.4, 0.5) is 0 Å². The maximum absolute atomic E-state index is 9.96. The number of hydrogen-bond donors (Lipinski definition) is 1. The Morgan fingerprint density at radius 3 is 2.48 bits per heavy atom. The van der Waals surface area contributed by atoms with E-state index in [1.807, 2.05) is 0 Å². The Hall–Kier alpha value is -0.823. The van der Waals surface area contributed by atoms with E-state index in [2.05, 4.69) is 78.6 Å². The van der Waals surface area contributed by atoms with Gasteiger partial charge in [-0.3, -0.25) is 0 Å². The molecule has 1 N–H and O–H groups in total. The molecule has 0 aliphatic heterocycles.